The number of nitrogens with one attached hydrogen (secondary N) is 1. The second kappa shape index (κ2) is 9.04. The van der Waals surface area contributed by atoms with E-state index in [0.717, 1.165) is 16.9 Å². The van der Waals surface area contributed by atoms with Crippen LogP contribution in [0.3, 0.4) is 0 Å². The number of fused-ring (bicyclic) bond motifs is 1. The van der Waals surface area contributed by atoms with Gasteiger partial charge in [-0.15, -0.1) is 0 Å². The summed E-state index contributed by atoms with van der Waals surface area (Å²) in [4.78, 5) is 31.9. The van der Waals surface area contributed by atoms with Crippen molar-refractivity contribution in [1.29, 1.82) is 0 Å². The molecule has 1 atom stereocenters. The highest BCUT2D eigenvalue weighted by atomic mass is 16.5. The van der Waals surface area contributed by atoms with Crippen molar-refractivity contribution in [3.05, 3.63) is 83.9 Å². The fraction of sp³-hybridized carbons (Fsp3) is 0.292. The van der Waals surface area contributed by atoms with E-state index in [0.29, 0.717) is 25.3 Å². The molecule has 31 heavy (non-hydrogen) atoms. The molecule has 0 fully saturated rings. The smallest absolute Gasteiger partial charge is 0.271 e. The zero-order valence-electron chi connectivity index (χ0n) is 17.7. The van der Waals surface area contributed by atoms with Crippen LogP contribution < -0.4 is 10.1 Å². The summed E-state index contributed by atoms with van der Waals surface area (Å²) in [5, 5.41) is 2.99. The third-order valence-electron chi connectivity index (χ3n) is 5.20. The molecular formula is C24H26N4O3. The number of benzene rings is 1. The number of hydrogen-bond donors (Lipinski definition) is 1. The lowest BCUT2D eigenvalue weighted by molar-refractivity contribution is -0.126. The number of ether oxygens (including phenoxy) is 1. The van der Waals surface area contributed by atoms with Gasteiger partial charge in [0.1, 0.15) is 17.5 Å². The molecule has 0 bridgehead atoms. The molecule has 7 nitrogen and oxygen atoms in total. The second-order valence-corrected chi connectivity index (χ2v) is 7.88. The van der Waals surface area contributed by atoms with Crippen LogP contribution >= 0.6 is 0 Å². The van der Waals surface area contributed by atoms with Crippen LogP contribution in [-0.4, -0.2) is 38.4 Å². The largest absolute Gasteiger partial charge is 0.491 e. The minimum absolute atomic E-state index is 0.110. The number of pyridine rings is 1. The van der Waals surface area contributed by atoms with Crippen molar-refractivity contribution in [1.82, 2.24) is 19.8 Å². The molecule has 0 saturated heterocycles. The van der Waals surface area contributed by atoms with Crippen molar-refractivity contribution in [2.24, 2.45) is 0 Å². The van der Waals surface area contributed by atoms with Gasteiger partial charge in [-0.05, 0) is 55.3 Å². The summed E-state index contributed by atoms with van der Waals surface area (Å²) in [5.74, 6) is 0.459. The molecule has 2 amide bonds. The molecule has 1 aliphatic rings. The van der Waals surface area contributed by atoms with Crippen LogP contribution in [0.25, 0.3) is 0 Å². The van der Waals surface area contributed by atoms with Crippen molar-refractivity contribution in [3.8, 4) is 5.75 Å². The number of aromatic nitrogens is 2. The summed E-state index contributed by atoms with van der Waals surface area (Å²) < 4.78 is 7.50. The monoisotopic (exact) mass is 418 g/mol. The predicted octanol–water partition coefficient (Wildman–Crippen LogP) is 3.01. The zero-order valence-corrected chi connectivity index (χ0v) is 17.7. The van der Waals surface area contributed by atoms with E-state index < -0.39 is 6.04 Å². The summed E-state index contributed by atoms with van der Waals surface area (Å²) >= 11 is 0. The lowest BCUT2D eigenvalue weighted by Gasteiger charge is -2.35. The van der Waals surface area contributed by atoms with Crippen LogP contribution in [0, 0.1) is 0 Å². The van der Waals surface area contributed by atoms with Crippen molar-refractivity contribution in [2.45, 2.75) is 45.6 Å². The molecule has 2 aromatic heterocycles. The van der Waals surface area contributed by atoms with Crippen molar-refractivity contribution in [3.63, 3.8) is 0 Å². The van der Waals surface area contributed by atoms with Gasteiger partial charge in [0.25, 0.3) is 5.91 Å². The minimum atomic E-state index is -0.601. The van der Waals surface area contributed by atoms with Gasteiger partial charge in [-0.25, -0.2) is 0 Å². The van der Waals surface area contributed by atoms with Crippen molar-refractivity contribution < 1.29 is 14.3 Å². The predicted molar refractivity (Wildman–Crippen MR) is 116 cm³/mol. The molecule has 1 N–H and O–H groups in total. The van der Waals surface area contributed by atoms with Gasteiger partial charge in [0.15, 0.2) is 0 Å². The van der Waals surface area contributed by atoms with E-state index in [9.17, 15) is 9.59 Å². The van der Waals surface area contributed by atoms with E-state index in [4.69, 9.17) is 4.74 Å². The van der Waals surface area contributed by atoms with E-state index in [1.807, 2.05) is 67.1 Å². The van der Waals surface area contributed by atoms with Crippen LogP contribution in [-0.2, 0) is 24.4 Å². The Kier molecular flexibility index (Phi) is 6.02. The van der Waals surface area contributed by atoms with Crippen molar-refractivity contribution >= 4 is 11.8 Å². The first-order chi connectivity index (χ1) is 15.0. The molecule has 7 heteroatoms. The Morgan fingerprint density at radius 1 is 1.16 bits per heavy atom. The lowest BCUT2D eigenvalue weighted by atomic mass is 10.1. The summed E-state index contributed by atoms with van der Waals surface area (Å²) in [7, 11) is 0. The highest BCUT2D eigenvalue weighted by Gasteiger charge is 2.36. The average molecular weight is 418 g/mol. The Bertz CT molecular complexity index is 1040. The van der Waals surface area contributed by atoms with Crippen LogP contribution in [0.1, 0.15) is 35.5 Å². The number of carbonyl (C=O) groups is 2. The summed E-state index contributed by atoms with van der Waals surface area (Å²) in [6.45, 7) is 5.09. The fourth-order valence-corrected chi connectivity index (χ4v) is 3.70. The van der Waals surface area contributed by atoms with Gasteiger partial charge < -0.3 is 19.5 Å². The fourth-order valence-electron chi connectivity index (χ4n) is 3.70. The van der Waals surface area contributed by atoms with Gasteiger partial charge in [0.2, 0.25) is 5.91 Å². The van der Waals surface area contributed by atoms with Crippen molar-refractivity contribution in [2.75, 3.05) is 0 Å². The van der Waals surface area contributed by atoms with Gasteiger partial charge in [0, 0.05) is 31.7 Å². The molecule has 0 saturated carbocycles. The average Bonchev–Trinajstić information content (AvgIpc) is 3.24. The quantitative estimate of drug-likeness (QED) is 0.640. The standard InChI is InChI=1S/C24H26N4O3/c1-17(2)31-20-9-7-18(8-10-20)14-26-23(29)22-16-27-12-4-6-21(27)24(30)28(22)15-19-5-3-11-25-13-19/h3-13,17,22H,14-16H2,1-2H3,(H,26,29). The molecule has 0 radical (unpaired) electrons. The molecule has 3 heterocycles. The zero-order chi connectivity index (χ0) is 21.8. The first-order valence-corrected chi connectivity index (χ1v) is 10.4. The Morgan fingerprint density at radius 3 is 2.68 bits per heavy atom. The molecule has 0 aliphatic carbocycles. The van der Waals surface area contributed by atoms with E-state index in [-0.39, 0.29) is 17.9 Å². The van der Waals surface area contributed by atoms with Crippen LogP contribution in [0.4, 0.5) is 0 Å². The van der Waals surface area contributed by atoms with Gasteiger partial charge in [0.05, 0.1) is 12.6 Å². The molecule has 1 aromatic carbocycles. The lowest BCUT2D eigenvalue weighted by Crippen LogP contribution is -2.54. The normalized spacial score (nSPS) is 15.6. The molecule has 1 aliphatic heterocycles. The minimum Gasteiger partial charge on any atom is -0.491 e. The Labute approximate surface area is 181 Å². The molecular weight excluding hydrogens is 392 g/mol. The maximum absolute atomic E-state index is 13.1. The maximum atomic E-state index is 13.1. The Hall–Kier alpha value is -3.61. The topological polar surface area (TPSA) is 76.5 Å². The molecule has 3 aromatic rings. The van der Waals surface area contributed by atoms with E-state index in [2.05, 4.69) is 10.3 Å². The number of hydrogen-bond acceptors (Lipinski definition) is 4. The van der Waals surface area contributed by atoms with Gasteiger partial charge >= 0.3 is 0 Å². The van der Waals surface area contributed by atoms with Gasteiger partial charge in [-0.2, -0.15) is 0 Å². The summed E-state index contributed by atoms with van der Waals surface area (Å²) in [5.41, 5.74) is 2.44. The third kappa shape index (κ3) is 4.77. The van der Waals surface area contributed by atoms with Crippen LogP contribution in [0.15, 0.2) is 67.1 Å². The summed E-state index contributed by atoms with van der Waals surface area (Å²) in [6.07, 6.45) is 5.35. The van der Waals surface area contributed by atoms with Gasteiger partial charge in [-0.3, -0.25) is 14.6 Å². The Morgan fingerprint density at radius 2 is 1.97 bits per heavy atom. The number of carbonyl (C=O) groups excluding carboxylic acids is 2. The van der Waals surface area contributed by atoms with E-state index in [1.165, 1.54) is 0 Å². The molecule has 1 unspecified atom stereocenters. The van der Waals surface area contributed by atoms with E-state index >= 15 is 0 Å². The second-order valence-electron chi connectivity index (χ2n) is 7.88. The van der Waals surface area contributed by atoms with E-state index in [1.54, 1.807) is 23.4 Å². The van der Waals surface area contributed by atoms with Crippen LogP contribution in [0.5, 0.6) is 5.75 Å². The number of amides is 2. The molecule has 4 rings (SSSR count). The first-order valence-electron chi connectivity index (χ1n) is 10.4. The maximum Gasteiger partial charge on any atom is 0.271 e. The highest BCUT2D eigenvalue weighted by Crippen LogP contribution is 2.21. The number of nitrogens with zero attached hydrogens (tertiary/aromatic N) is 3. The third-order valence-corrected chi connectivity index (χ3v) is 5.20. The Balaban J connectivity index is 1.47. The molecule has 0 spiro atoms. The van der Waals surface area contributed by atoms with Gasteiger partial charge in [-0.1, -0.05) is 18.2 Å². The SMILES string of the molecule is CC(C)Oc1ccc(CNC(=O)C2Cn3cccc3C(=O)N2Cc2cccnc2)cc1. The highest BCUT2D eigenvalue weighted by molar-refractivity contribution is 5.97. The molecule has 160 valence electrons. The first kappa shape index (κ1) is 20.7. The number of rotatable bonds is 7. The summed E-state index contributed by atoms with van der Waals surface area (Å²) in [6, 6.07) is 14.4. The van der Waals surface area contributed by atoms with Crippen LogP contribution in [0.2, 0.25) is 0 Å².